The Morgan fingerprint density at radius 1 is 1.30 bits per heavy atom. The fraction of sp³-hybridized carbons (Fsp3) is 0.429. The Balaban J connectivity index is 1.55. The average Bonchev–Trinajstić information content (AvgIpc) is 3.15. The van der Waals surface area contributed by atoms with E-state index in [0.717, 1.165) is 4.88 Å². The van der Waals surface area contributed by atoms with E-state index in [1.165, 1.54) is 0 Å². The molecule has 0 saturated carbocycles. The maximum Gasteiger partial charge on any atom is 0.239 e. The monoisotopic (exact) mass is 354 g/mol. The summed E-state index contributed by atoms with van der Waals surface area (Å²) in [6.45, 7) is 1.62. The number of nitrogens with one attached hydrogen (secondary N) is 1. The average molecular weight is 354 g/mol. The molecule has 3 rings (SSSR count). The van der Waals surface area contributed by atoms with E-state index in [-0.39, 0.29) is 24.0 Å². The van der Waals surface area contributed by atoms with Gasteiger partial charge in [0.15, 0.2) is 9.84 Å². The third-order valence-corrected chi connectivity index (χ3v) is 6.14. The largest absolute Gasteiger partial charge is 0.310 e. The molecule has 0 aliphatic carbocycles. The summed E-state index contributed by atoms with van der Waals surface area (Å²) in [5, 5.41) is 9.07. The lowest BCUT2D eigenvalue weighted by Gasteiger charge is -2.25. The molecule has 1 aliphatic rings. The number of carbonyl (C=O) groups excluding carboxylic acids is 1. The van der Waals surface area contributed by atoms with Gasteiger partial charge in [0, 0.05) is 24.0 Å². The Bertz CT molecular complexity index is 754. The van der Waals surface area contributed by atoms with Gasteiger partial charge in [-0.05, 0) is 11.4 Å². The highest BCUT2D eigenvalue weighted by atomic mass is 32.2. The lowest BCUT2D eigenvalue weighted by atomic mass is 10.4. The summed E-state index contributed by atoms with van der Waals surface area (Å²) in [6.07, 6.45) is 1.65. The molecular weight excluding hydrogens is 336 g/mol. The van der Waals surface area contributed by atoms with Crippen molar-refractivity contribution in [3.63, 3.8) is 0 Å². The number of hydrogen-bond acceptors (Lipinski definition) is 6. The van der Waals surface area contributed by atoms with Crippen molar-refractivity contribution in [2.45, 2.75) is 6.54 Å². The lowest BCUT2D eigenvalue weighted by molar-refractivity contribution is -0.117. The van der Waals surface area contributed by atoms with Gasteiger partial charge in [-0.3, -0.25) is 9.69 Å². The van der Waals surface area contributed by atoms with E-state index in [9.17, 15) is 13.2 Å². The van der Waals surface area contributed by atoms with E-state index >= 15 is 0 Å². The zero-order valence-corrected chi connectivity index (χ0v) is 14.1. The van der Waals surface area contributed by atoms with Crippen molar-refractivity contribution in [1.82, 2.24) is 14.7 Å². The molecule has 0 radical (unpaired) electrons. The van der Waals surface area contributed by atoms with Crippen molar-refractivity contribution in [1.29, 1.82) is 0 Å². The fourth-order valence-corrected chi connectivity index (χ4v) is 4.37. The minimum Gasteiger partial charge on any atom is -0.310 e. The molecule has 9 heteroatoms. The summed E-state index contributed by atoms with van der Waals surface area (Å²) in [5.41, 5.74) is 0. The number of thiophene rings is 1. The molecule has 0 bridgehead atoms. The molecule has 1 aliphatic heterocycles. The van der Waals surface area contributed by atoms with Gasteiger partial charge in [0.25, 0.3) is 0 Å². The molecule has 23 heavy (non-hydrogen) atoms. The van der Waals surface area contributed by atoms with Crippen molar-refractivity contribution in [3.8, 4) is 0 Å². The first-order chi connectivity index (χ1) is 11.0. The predicted octanol–water partition coefficient (Wildman–Crippen LogP) is 0.662. The van der Waals surface area contributed by atoms with Crippen LogP contribution in [-0.2, 0) is 21.2 Å². The third-order valence-electron chi connectivity index (χ3n) is 3.67. The zero-order chi connectivity index (χ0) is 16.3. The molecule has 1 N–H and O–H groups in total. The molecule has 7 nitrogen and oxygen atoms in total. The standard InChI is InChI=1S/C14H18N4O3S2/c19-14(11-17-5-8-23(20,21)9-6-17)16-13-3-4-15-18(13)10-12-2-1-7-22-12/h1-4,7H,5-6,8-11H2,(H,16,19). The van der Waals surface area contributed by atoms with E-state index in [1.807, 2.05) is 22.4 Å². The highest BCUT2D eigenvalue weighted by Gasteiger charge is 2.23. The van der Waals surface area contributed by atoms with Gasteiger partial charge in [0.2, 0.25) is 5.91 Å². The normalized spacial score (nSPS) is 17.9. The summed E-state index contributed by atoms with van der Waals surface area (Å²) in [4.78, 5) is 15.2. The molecule has 0 atom stereocenters. The fourth-order valence-electron chi connectivity index (χ4n) is 2.41. The first kappa shape index (κ1) is 16.2. The number of sulfone groups is 1. The van der Waals surface area contributed by atoms with Gasteiger partial charge in [0.05, 0.1) is 30.8 Å². The zero-order valence-electron chi connectivity index (χ0n) is 12.5. The number of hydrogen-bond donors (Lipinski definition) is 1. The quantitative estimate of drug-likeness (QED) is 0.853. The molecule has 1 saturated heterocycles. The molecule has 1 fully saturated rings. The van der Waals surface area contributed by atoms with Crippen molar-refractivity contribution < 1.29 is 13.2 Å². The Morgan fingerprint density at radius 2 is 2.09 bits per heavy atom. The van der Waals surface area contributed by atoms with Crippen LogP contribution in [0.1, 0.15) is 4.88 Å². The van der Waals surface area contributed by atoms with Crippen LogP contribution >= 0.6 is 11.3 Å². The Morgan fingerprint density at radius 3 is 2.78 bits per heavy atom. The van der Waals surface area contributed by atoms with Gasteiger partial charge >= 0.3 is 0 Å². The lowest BCUT2D eigenvalue weighted by Crippen LogP contribution is -2.44. The molecular formula is C14H18N4O3S2. The summed E-state index contributed by atoms with van der Waals surface area (Å²) in [5.74, 6) is 0.734. The molecule has 1 amide bonds. The summed E-state index contributed by atoms with van der Waals surface area (Å²) < 4.78 is 24.5. The van der Waals surface area contributed by atoms with E-state index in [1.54, 1.807) is 28.3 Å². The number of aromatic nitrogens is 2. The number of amides is 1. The summed E-state index contributed by atoms with van der Waals surface area (Å²) in [7, 11) is -2.92. The van der Waals surface area contributed by atoms with Crippen molar-refractivity contribution in [2.75, 3.05) is 36.5 Å². The van der Waals surface area contributed by atoms with Gasteiger partial charge in [0.1, 0.15) is 5.82 Å². The SMILES string of the molecule is O=C(CN1CCS(=O)(=O)CC1)Nc1ccnn1Cc1cccs1. The second-order valence-corrected chi connectivity index (χ2v) is 8.77. The van der Waals surface area contributed by atoms with Crippen molar-refractivity contribution in [3.05, 3.63) is 34.7 Å². The Hall–Kier alpha value is -1.71. The summed E-state index contributed by atoms with van der Waals surface area (Å²) in [6, 6.07) is 5.75. The Kier molecular flexibility index (Phi) is 4.79. The molecule has 2 aromatic heterocycles. The van der Waals surface area contributed by atoms with Crippen LogP contribution in [-0.4, -0.2) is 60.1 Å². The molecule has 124 valence electrons. The second-order valence-electron chi connectivity index (χ2n) is 5.43. The number of rotatable bonds is 5. The second kappa shape index (κ2) is 6.81. The summed E-state index contributed by atoms with van der Waals surface area (Å²) >= 11 is 1.64. The predicted molar refractivity (Wildman–Crippen MR) is 89.4 cm³/mol. The van der Waals surface area contributed by atoms with E-state index in [4.69, 9.17) is 0 Å². The maximum atomic E-state index is 12.2. The van der Waals surface area contributed by atoms with Crippen molar-refractivity contribution >= 4 is 32.9 Å². The van der Waals surface area contributed by atoms with Gasteiger partial charge in [-0.1, -0.05) is 6.07 Å². The van der Waals surface area contributed by atoms with Crippen LogP contribution in [0.5, 0.6) is 0 Å². The van der Waals surface area contributed by atoms with Gasteiger partial charge in [-0.15, -0.1) is 11.3 Å². The van der Waals surface area contributed by atoms with Crippen LogP contribution in [0, 0.1) is 0 Å². The van der Waals surface area contributed by atoms with Crippen LogP contribution in [0.4, 0.5) is 5.82 Å². The first-order valence-corrected chi connectivity index (χ1v) is 9.99. The van der Waals surface area contributed by atoms with Crippen LogP contribution in [0.3, 0.4) is 0 Å². The Labute approximate surface area is 138 Å². The molecule has 3 heterocycles. The van der Waals surface area contributed by atoms with E-state index in [0.29, 0.717) is 25.5 Å². The first-order valence-electron chi connectivity index (χ1n) is 7.29. The van der Waals surface area contributed by atoms with Gasteiger partial charge < -0.3 is 5.32 Å². The van der Waals surface area contributed by atoms with E-state index in [2.05, 4.69) is 10.4 Å². The molecule has 2 aromatic rings. The highest BCUT2D eigenvalue weighted by molar-refractivity contribution is 7.91. The minimum absolute atomic E-state index is 0.122. The topological polar surface area (TPSA) is 84.3 Å². The van der Waals surface area contributed by atoms with Crippen molar-refractivity contribution in [2.24, 2.45) is 0 Å². The number of nitrogens with zero attached hydrogens (tertiary/aromatic N) is 3. The van der Waals surface area contributed by atoms with Gasteiger partial charge in [-0.2, -0.15) is 5.10 Å². The molecule has 0 unspecified atom stereocenters. The molecule has 0 aromatic carbocycles. The van der Waals surface area contributed by atoms with Crippen LogP contribution in [0.25, 0.3) is 0 Å². The van der Waals surface area contributed by atoms with Crippen LogP contribution < -0.4 is 5.32 Å². The van der Waals surface area contributed by atoms with Gasteiger partial charge in [-0.25, -0.2) is 13.1 Å². The number of carbonyl (C=O) groups is 1. The maximum absolute atomic E-state index is 12.2. The number of anilines is 1. The van der Waals surface area contributed by atoms with Crippen LogP contribution in [0.2, 0.25) is 0 Å². The smallest absolute Gasteiger partial charge is 0.239 e. The third kappa shape index (κ3) is 4.40. The minimum atomic E-state index is -2.92. The van der Waals surface area contributed by atoms with E-state index < -0.39 is 9.84 Å². The highest BCUT2D eigenvalue weighted by Crippen LogP contribution is 2.14. The van der Waals surface area contributed by atoms with Crippen LogP contribution in [0.15, 0.2) is 29.8 Å². The molecule has 0 spiro atoms.